The van der Waals surface area contributed by atoms with Gasteiger partial charge in [0.2, 0.25) is 0 Å². The standard InChI is InChI=1S/C16H22N2O5/c1-10-11(6-5-7-13(10)18(22)23)14(19)17-12(15(20)21)8-9-16(2,3)4/h5-7,12H,8-9H2,1-4H3,(H,17,19)(H,20,21). The first-order valence-electron chi connectivity index (χ1n) is 7.30. The molecule has 1 amide bonds. The highest BCUT2D eigenvalue weighted by Crippen LogP contribution is 2.23. The Labute approximate surface area is 134 Å². The van der Waals surface area contributed by atoms with Crippen molar-refractivity contribution in [2.45, 2.75) is 46.6 Å². The second kappa shape index (κ2) is 7.21. The maximum atomic E-state index is 12.3. The van der Waals surface area contributed by atoms with E-state index in [-0.39, 0.29) is 22.2 Å². The fraction of sp³-hybridized carbons (Fsp3) is 0.500. The number of rotatable bonds is 6. The number of carboxylic acids is 1. The first-order valence-corrected chi connectivity index (χ1v) is 7.30. The van der Waals surface area contributed by atoms with E-state index in [9.17, 15) is 24.8 Å². The average molecular weight is 322 g/mol. The number of amides is 1. The van der Waals surface area contributed by atoms with Crippen molar-refractivity contribution in [1.82, 2.24) is 5.32 Å². The van der Waals surface area contributed by atoms with E-state index >= 15 is 0 Å². The van der Waals surface area contributed by atoms with Gasteiger partial charge in [-0.15, -0.1) is 0 Å². The first-order chi connectivity index (χ1) is 10.5. The van der Waals surface area contributed by atoms with Crippen LogP contribution in [0.3, 0.4) is 0 Å². The van der Waals surface area contributed by atoms with E-state index in [2.05, 4.69) is 5.32 Å². The van der Waals surface area contributed by atoms with Crippen LogP contribution in [0.1, 0.15) is 49.5 Å². The van der Waals surface area contributed by atoms with Crippen LogP contribution in [0.15, 0.2) is 18.2 Å². The molecule has 0 radical (unpaired) electrons. The van der Waals surface area contributed by atoms with Crippen LogP contribution in [0, 0.1) is 22.5 Å². The summed E-state index contributed by atoms with van der Waals surface area (Å²) in [6.45, 7) is 7.42. The highest BCUT2D eigenvalue weighted by atomic mass is 16.6. The van der Waals surface area contributed by atoms with Crippen molar-refractivity contribution in [3.05, 3.63) is 39.4 Å². The number of nitrogens with one attached hydrogen (secondary N) is 1. The first kappa shape index (κ1) is 18.6. The zero-order valence-corrected chi connectivity index (χ0v) is 13.8. The maximum Gasteiger partial charge on any atom is 0.326 e. The number of nitro benzene ring substituents is 1. The molecule has 1 aromatic carbocycles. The Bertz CT molecular complexity index is 619. The van der Waals surface area contributed by atoms with Gasteiger partial charge in [0.25, 0.3) is 11.6 Å². The van der Waals surface area contributed by atoms with Gasteiger partial charge in [-0.1, -0.05) is 26.8 Å². The molecule has 0 saturated heterocycles. The van der Waals surface area contributed by atoms with E-state index in [0.29, 0.717) is 12.8 Å². The zero-order chi connectivity index (χ0) is 17.8. The fourth-order valence-electron chi connectivity index (χ4n) is 2.14. The van der Waals surface area contributed by atoms with E-state index in [1.165, 1.54) is 25.1 Å². The molecular formula is C16H22N2O5. The van der Waals surface area contributed by atoms with Gasteiger partial charge < -0.3 is 10.4 Å². The van der Waals surface area contributed by atoms with Gasteiger partial charge in [-0.25, -0.2) is 4.79 Å². The second-order valence-electron chi connectivity index (χ2n) is 6.67. The summed E-state index contributed by atoms with van der Waals surface area (Å²) in [6.07, 6.45) is 0.913. The molecule has 0 bridgehead atoms. The van der Waals surface area contributed by atoms with Gasteiger partial charge in [-0.05, 0) is 31.2 Å². The van der Waals surface area contributed by atoms with Crippen LogP contribution in [0.5, 0.6) is 0 Å². The Balaban J connectivity index is 2.94. The minimum Gasteiger partial charge on any atom is -0.480 e. The van der Waals surface area contributed by atoms with Gasteiger partial charge >= 0.3 is 5.97 Å². The van der Waals surface area contributed by atoms with Crippen molar-refractivity contribution in [1.29, 1.82) is 0 Å². The average Bonchev–Trinajstić information content (AvgIpc) is 2.41. The van der Waals surface area contributed by atoms with Crippen LogP contribution < -0.4 is 5.32 Å². The van der Waals surface area contributed by atoms with Gasteiger partial charge in [0.15, 0.2) is 0 Å². The highest BCUT2D eigenvalue weighted by molar-refractivity contribution is 5.98. The number of carbonyl (C=O) groups excluding carboxylic acids is 1. The molecule has 0 saturated carbocycles. The van der Waals surface area contributed by atoms with Gasteiger partial charge in [0, 0.05) is 17.2 Å². The molecule has 23 heavy (non-hydrogen) atoms. The minimum absolute atomic E-state index is 0.0557. The summed E-state index contributed by atoms with van der Waals surface area (Å²) < 4.78 is 0. The van der Waals surface area contributed by atoms with Crippen molar-refractivity contribution in [2.24, 2.45) is 5.41 Å². The largest absolute Gasteiger partial charge is 0.480 e. The molecule has 0 aromatic heterocycles. The minimum atomic E-state index is -1.12. The third kappa shape index (κ3) is 5.36. The SMILES string of the molecule is Cc1c(C(=O)NC(CCC(C)(C)C)C(=O)O)cccc1[N+](=O)[O-]. The predicted octanol–water partition coefficient (Wildman–Crippen LogP) is 2.91. The lowest BCUT2D eigenvalue weighted by Gasteiger charge is -2.21. The van der Waals surface area contributed by atoms with E-state index in [1.54, 1.807) is 0 Å². The molecule has 126 valence electrons. The molecule has 0 heterocycles. The Kier molecular flexibility index (Phi) is 5.84. The van der Waals surface area contributed by atoms with E-state index in [0.717, 1.165) is 0 Å². The van der Waals surface area contributed by atoms with E-state index in [4.69, 9.17) is 0 Å². The van der Waals surface area contributed by atoms with E-state index < -0.39 is 22.8 Å². The molecule has 0 fully saturated rings. The van der Waals surface area contributed by atoms with Crippen LogP contribution in [-0.4, -0.2) is 27.9 Å². The molecule has 0 aliphatic heterocycles. The monoisotopic (exact) mass is 322 g/mol. The summed E-state index contributed by atoms with van der Waals surface area (Å²) in [5.41, 5.74) is 0.107. The smallest absolute Gasteiger partial charge is 0.326 e. The molecule has 1 aromatic rings. The Morgan fingerprint density at radius 2 is 1.96 bits per heavy atom. The molecular weight excluding hydrogens is 300 g/mol. The van der Waals surface area contributed by atoms with Crippen molar-refractivity contribution in [2.75, 3.05) is 0 Å². The molecule has 1 unspecified atom stereocenters. The molecule has 7 nitrogen and oxygen atoms in total. The molecule has 0 aliphatic rings. The lowest BCUT2D eigenvalue weighted by Crippen LogP contribution is -2.41. The number of hydrogen-bond donors (Lipinski definition) is 2. The van der Waals surface area contributed by atoms with Gasteiger partial charge in [-0.3, -0.25) is 14.9 Å². The molecule has 7 heteroatoms. The van der Waals surface area contributed by atoms with Crippen LogP contribution in [0.2, 0.25) is 0 Å². The van der Waals surface area contributed by atoms with Gasteiger partial charge in [-0.2, -0.15) is 0 Å². The number of carbonyl (C=O) groups is 2. The third-order valence-corrected chi connectivity index (χ3v) is 3.53. The van der Waals surface area contributed by atoms with Crippen LogP contribution in [0.25, 0.3) is 0 Å². The lowest BCUT2D eigenvalue weighted by atomic mass is 9.88. The summed E-state index contributed by atoms with van der Waals surface area (Å²) in [6, 6.07) is 3.13. The van der Waals surface area contributed by atoms with Crippen LogP contribution in [0.4, 0.5) is 5.69 Å². The van der Waals surface area contributed by atoms with Crippen molar-refractivity contribution in [3.63, 3.8) is 0 Å². The topological polar surface area (TPSA) is 110 Å². The summed E-state index contributed by atoms with van der Waals surface area (Å²) in [5, 5.41) is 22.6. The van der Waals surface area contributed by atoms with E-state index in [1.807, 2.05) is 20.8 Å². The maximum absolute atomic E-state index is 12.3. The fourth-order valence-corrected chi connectivity index (χ4v) is 2.14. The third-order valence-electron chi connectivity index (χ3n) is 3.53. The number of nitro groups is 1. The summed E-state index contributed by atoms with van der Waals surface area (Å²) in [7, 11) is 0. The quantitative estimate of drug-likeness (QED) is 0.618. The molecule has 2 N–H and O–H groups in total. The lowest BCUT2D eigenvalue weighted by molar-refractivity contribution is -0.385. The van der Waals surface area contributed by atoms with Crippen molar-refractivity contribution in [3.8, 4) is 0 Å². The Morgan fingerprint density at radius 1 is 1.35 bits per heavy atom. The highest BCUT2D eigenvalue weighted by Gasteiger charge is 2.25. The molecule has 1 atom stereocenters. The Hall–Kier alpha value is -2.44. The molecule has 0 spiro atoms. The predicted molar refractivity (Wildman–Crippen MR) is 85.4 cm³/mol. The Morgan fingerprint density at radius 3 is 2.43 bits per heavy atom. The number of carboxylic acid groups (broad SMARTS) is 1. The number of aliphatic carboxylic acids is 1. The van der Waals surface area contributed by atoms with Crippen molar-refractivity contribution < 1.29 is 19.6 Å². The second-order valence-corrected chi connectivity index (χ2v) is 6.67. The van der Waals surface area contributed by atoms with Gasteiger partial charge in [0.1, 0.15) is 6.04 Å². The van der Waals surface area contributed by atoms with Crippen LogP contribution in [-0.2, 0) is 4.79 Å². The zero-order valence-electron chi connectivity index (χ0n) is 13.8. The summed E-state index contributed by atoms with van der Waals surface area (Å²) >= 11 is 0. The molecule has 0 aliphatic carbocycles. The number of nitrogens with zero attached hydrogens (tertiary/aromatic N) is 1. The summed E-state index contributed by atoms with van der Waals surface area (Å²) in [4.78, 5) is 34.0. The molecule has 1 rings (SSSR count). The number of hydrogen-bond acceptors (Lipinski definition) is 4. The summed E-state index contributed by atoms with van der Waals surface area (Å²) in [5.74, 6) is -1.74. The van der Waals surface area contributed by atoms with Crippen LogP contribution >= 0.6 is 0 Å². The van der Waals surface area contributed by atoms with Gasteiger partial charge in [0.05, 0.1) is 4.92 Å². The number of benzene rings is 1. The normalized spacial score (nSPS) is 12.5. The van der Waals surface area contributed by atoms with Crippen molar-refractivity contribution >= 4 is 17.6 Å².